The quantitative estimate of drug-likeness (QED) is 0.142. The zero-order chi connectivity index (χ0) is 65.6. The summed E-state index contributed by atoms with van der Waals surface area (Å²) < 4.78 is 11.8. The average molecular weight is 1280 g/mol. The van der Waals surface area contributed by atoms with E-state index in [1.807, 2.05) is 84.9 Å². The first-order valence-corrected chi connectivity index (χ1v) is 33.8. The van der Waals surface area contributed by atoms with E-state index in [1.54, 1.807) is 0 Å². The van der Waals surface area contributed by atoms with Gasteiger partial charge in [-0.2, -0.15) is 9.97 Å². The van der Waals surface area contributed by atoms with E-state index in [1.165, 1.54) is 44.5 Å². The van der Waals surface area contributed by atoms with Gasteiger partial charge in [0.2, 0.25) is 5.95 Å². The molecule has 0 bridgehead atoms. The third kappa shape index (κ3) is 8.23. The summed E-state index contributed by atoms with van der Waals surface area (Å²) in [6, 6.07) is 116. The average Bonchev–Trinajstić information content (AvgIpc) is 1.50. The van der Waals surface area contributed by atoms with E-state index in [-0.39, 0.29) is 0 Å². The lowest BCUT2D eigenvalue weighted by atomic mass is 9.70. The van der Waals surface area contributed by atoms with E-state index < -0.39 is 5.41 Å². The second-order valence-corrected chi connectivity index (χ2v) is 26.0. The Morgan fingerprint density at radius 2 is 0.660 bits per heavy atom. The smallest absolute Gasteiger partial charge is 0.238 e. The lowest BCUT2D eigenvalue weighted by molar-refractivity contribution is 0.670. The van der Waals surface area contributed by atoms with Gasteiger partial charge in [-0.05, 0) is 104 Å². The normalized spacial score (nSPS) is 12.7. The van der Waals surface area contributed by atoms with Crippen molar-refractivity contribution in [3.63, 3.8) is 0 Å². The van der Waals surface area contributed by atoms with Crippen LogP contribution in [0.1, 0.15) is 22.3 Å². The largest absolute Gasteiger partial charge is 0.455 e. The Morgan fingerprint density at radius 1 is 0.240 bits per heavy atom. The summed E-state index contributed by atoms with van der Waals surface area (Å²) in [7, 11) is 0. The first-order chi connectivity index (χ1) is 49.6. The van der Waals surface area contributed by atoms with Crippen molar-refractivity contribution in [2.75, 3.05) is 0 Å². The van der Waals surface area contributed by atoms with Crippen LogP contribution in [-0.2, 0) is 5.41 Å². The second-order valence-electron chi connectivity index (χ2n) is 26.0. The van der Waals surface area contributed by atoms with Gasteiger partial charge in [-0.25, -0.2) is 19.9 Å². The van der Waals surface area contributed by atoms with Crippen molar-refractivity contribution in [3.8, 4) is 113 Å². The first-order valence-electron chi connectivity index (χ1n) is 33.8. The van der Waals surface area contributed by atoms with Crippen LogP contribution in [0.15, 0.2) is 332 Å². The molecule has 5 heterocycles. The molecule has 2 aliphatic carbocycles. The maximum atomic E-state index is 7.14. The second kappa shape index (κ2) is 21.8. The first kappa shape index (κ1) is 55.8. The third-order valence-electron chi connectivity index (χ3n) is 20.7. The van der Waals surface area contributed by atoms with Crippen molar-refractivity contribution in [2.24, 2.45) is 0 Å². The number of fused-ring (bicyclic) bond motifs is 20. The van der Waals surface area contributed by atoms with Crippen LogP contribution in [0.5, 0.6) is 0 Å². The fraction of sp³-hybridized carbons (Fsp3) is 0.0110. The molecule has 9 nitrogen and oxygen atoms in total. The van der Waals surface area contributed by atoms with Crippen LogP contribution < -0.4 is 0 Å². The molecule has 21 rings (SSSR count). The molecule has 19 aromatic rings. The SMILES string of the molecule is c1ccc(-c2nc(-c3ccccc3)nc(-c3cccc4c3oc3c(-c5ccc6c(c5)c5cc(-c7ccc(-c8nc(-c9ccccc9)nc(-n9c%10ccccc%10c%10ccc%11c(c%109)-c9ccccc9C%119c%10ccccc%10-c%10ccccc%109)n8)cc7)ccc5n6-c5ccccc5)cccc34)n2)cc1. The number of nitrogens with zero attached hydrogens (tertiary/aromatic N) is 8. The van der Waals surface area contributed by atoms with Gasteiger partial charge in [0.15, 0.2) is 29.1 Å². The van der Waals surface area contributed by atoms with Crippen molar-refractivity contribution < 1.29 is 4.42 Å². The molecule has 464 valence electrons. The number of rotatable bonds is 9. The summed E-state index contributed by atoms with van der Waals surface area (Å²) in [6.45, 7) is 0. The summed E-state index contributed by atoms with van der Waals surface area (Å²) in [4.78, 5) is 31.6. The lowest BCUT2D eigenvalue weighted by Gasteiger charge is -2.30. The molecule has 2 aliphatic rings. The van der Waals surface area contributed by atoms with E-state index in [0.717, 1.165) is 116 Å². The fourth-order valence-corrected chi connectivity index (χ4v) is 16.3. The minimum atomic E-state index is -0.526. The number of hydrogen-bond acceptors (Lipinski definition) is 7. The van der Waals surface area contributed by atoms with Crippen molar-refractivity contribution in [2.45, 2.75) is 5.41 Å². The van der Waals surface area contributed by atoms with Crippen LogP contribution in [0.25, 0.3) is 179 Å². The Bertz CT molecular complexity index is 6470. The predicted octanol–water partition coefficient (Wildman–Crippen LogP) is 22.2. The molecule has 0 aliphatic heterocycles. The lowest BCUT2D eigenvalue weighted by Crippen LogP contribution is -2.25. The molecule has 0 saturated carbocycles. The van der Waals surface area contributed by atoms with Crippen LogP contribution in [0.3, 0.4) is 0 Å². The molecule has 0 radical (unpaired) electrons. The van der Waals surface area contributed by atoms with Gasteiger partial charge in [0.1, 0.15) is 11.2 Å². The van der Waals surface area contributed by atoms with Crippen molar-refractivity contribution in [1.29, 1.82) is 0 Å². The van der Waals surface area contributed by atoms with E-state index in [0.29, 0.717) is 40.7 Å². The van der Waals surface area contributed by atoms with Gasteiger partial charge < -0.3 is 8.98 Å². The standard InChI is InChI=1S/C91H54N8O/c1-5-23-56(24-6-1)85-92-86(57-25-7-2-8-26-57)95-89(94-85)71-38-22-37-69-68-36-21-35-63(83(68)100-84(69)71)61-48-52-80-73(54-61)72-53-60(47-51-79(72)98(80)62-29-11-4-12-30-62)55-43-45-59(46-44-55)88-93-87(58-27-9-3-10-28-58)96-90(97-88)99-78-42-20-16-33-66(78)67-49-50-77-81(82(67)99)70-34-15-19-41-76(70)91(77)74-39-17-13-31-64(74)65-32-14-18-40-75(65)91/h1-54H. The Hall–Kier alpha value is -13.5. The number of benzene rings is 14. The Labute approximate surface area is 574 Å². The molecular weight excluding hydrogens is 1220 g/mol. The summed E-state index contributed by atoms with van der Waals surface area (Å²) in [6.07, 6.45) is 0. The molecule has 0 fully saturated rings. The maximum Gasteiger partial charge on any atom is 0.238 e. The highest BCUT2D eigenvalue weighted by atomic mass is 16.3. The highest BCUT2D eigenvalue weighted by molar-refractivity contribution is 6.18. The molecule has 0 saturated heterocycles. The molecular formula is C91H54N8O. The molecule has 0 N–H and O–H groups in total. The van der Waals surface area contributed by atoms with Crippen molar-refractivity contribution >= 4 is 65.6 Å². The van der Waals surface area contributed by atoms with E-state index in [9.17, 15) is 0 Å². The highest BCUT2D eigenvalue weighted by Gasteiger charge is 2.52. The molecule has 5 aromatic heterocycles. The topological polar surface area (TPSA) is 100 Å². The van der Waals surface area contributed by atoms with Crippen LogP contribution in [0.2, 0.25) is 0 Å². The summed E-state index contributed by atoms with van der Waals surface area (Å²) in [5, 5.41) is 6.51. The number of aromatic nitrogens is 8. The minimum Gasteiger partial charge on any atom is -0.455 e. The van der Waals surface area contributed by atoms with Gasteiger partial charge >= 0.3 is 0 Å². The molecule has 14 aromatic carbocycles. The molecule has 9 heteroatoms. The van der Waals surface area contributed by atoms with E-state index >= 15 is 0 Å². The van der Waals surface area contributed by atoms with Crippen LogP contribution in [0.4, 0.5) is 0 Å². The van der Waals surface area contributed by atoms with Crippen LogP contribution >= 0.6 is 0 Å². The predicted molar refractivity (Wildman–Crippen MR) is 404 cm³/mol. The zero-order valence-corrected chi connectivity index (χ0v) is 53.7. The summed E-state index contributed by atoms with van der Waals surface area (Å²) >= 11 is 0. The molecule has 0 unspecified atom stereocenters. The maximum absolute atomic E-state index is 7.14. The Balaban J connectivity index is 0.697. The molecule has 0 atom stereocenters. The van der Waals surface area contributed by atoms with Gasteiger partial charge in [0, 0.05) is 71.4 Å². The van der Waals surface area contributed by atoms with Gasteiger partial charge in [-0.3, -0.25) is 4.57 Å². The van der Waals surface area contributed by atoms with Gasteiger partial charge in [-0.15, -0.1) is 0 Å². The highest BCUT2D eigenvalue weighted by Crippen LogP contribution is 2.64. The molecule has 0 amide bonds. The molecule has 100 heavy (non-hydrogen) atoms. The molecule has 1 spiro atoms. The Kier molecular flexibility index (Phi) is 12.1. The number of para-hydroxylation sites is 4. The third-order valence-corrected chi connectivity index (χ3v) is 20.7. The fourth-order valence-electron chi connectivity index (χ4n) is 16.3. The number of hydrogen-bond donors (Lipinski definition) is 0. The summed E-state index contributed by atoms with van der Waals surface area (Å²) in [5.74, 6) is 3.45. The Morgan fingerprint density at radius 3 is 1.27 bits per heavy atom. The zero-order valence-electron chi connectivity index (χ0n) is 53.7. The van der Waals surface area contributed by atoms with Gasteiger partial charge in [0.25, 0.3) is 0 Å². The minimum absolute atomic E-state index is 0.526. The summed E-state index contributed by atoms with van der Waals surface area (Å²) in [5.41, 5.74) is 25.0. The van der Waals surface area contributed by atoms with Gasteiger partial charge in [-0.1, -0.05) is 279 Å². The number of furan rings is 1. The monoisotopic (exact) mass is 1270 g/mol. The van der Waals surface area contributed by atoms with Crippen molar-refractivity contribution in [3.05, 3.63) is 350 Å². The van der Waals surface area contributed by atoms with E-state index in [4.69, 9.17) is 34.3 Å². The van der Waals surface area contributed by atoms with Crippen molar-refractivity contribution in [1.82, 2.24) is 39.0 Å². The van der Waals surface area contributed by atoms with Crippen LogP contribution in [0, 0.1) is 0 Å². The van der Waals surface area contributed by atoms with Gasteiger partial charge in [0.05, 0.1) is 33.0 Å². The van der Waals surface area contributed by atoms with E-state index in [2.05, 4.69) is 252 Å². The van der Waals surface area contributed by atoms with Crippen LogP contribution in [-0.4, -0.2) is 39.0 Å².